The number of alkyl halides is 3. The molecule has 0 aromatic heterocycles. The summed E-state index contributed by atoms with van der Waals surface area (Å²) in [5.41, 5.74) is -0.242. The maximum absolute atomic E-state index is 13.4. The van der Waals surface area contributed by atoms with Crippen LogP contribution in [0.1, 0.15) is 35.3 Å². The van der Waals surface area contributed by atoms with Gasteiger partial charge < -0.3 is 18.6 Å². The van der Waals surface area contributed by atoms with Crippen LogP contribution < -0.4 is 13.7 Å². The number of carbonyl (C=O) groups excluding carboxylic acids is 1. The highest BCUT2D eigenvalue weighted by atomic mass is 32.2. The van der Waals surface area contributed by atoms with Gasteiger partial charge in [0.1, 0.15) is 22.1 Å². The molecule has 7 nitrogen and oxygen atoms in total. The molecule has 3 aromatic carbocycles. The van der Waals surface area contributed by atoms with Crippen LogP contribution in [0.5, 0.6) is 17.2 Å². The Kier molecular flexibility index (Phi) is 8.37. The van der Waals surface area contributed by atoms with E-state index in [9.17, 15) is 26.4 Å². The van der Waals surface area contributed by atoms with Crippen LogP contribution in [0.25, 0.3) is 0 Å². The Bertz CT molecular complexity index is 1370. The Morgan fingerprint density at radius 2 is 1.62 bits per heavy atom. The highest BCUT2D eigenvalue weighted by Gasteiger charge is 2.32. The molecule has 11 heteroatoms. The SMILES string of the molecule is COc1ccc(C(=O)N(Cc2cccc(OS(=O)(=O)c3cccc(C(F)(F)F)c3)c2)C(C)C)c(OC)c1. The number of methoxy groups -OCH3 is 2. The zero-order chi connectivity index (χ0) is 27.4. The fraction of sp³-hybridized carbons (Fsp3) is 0.269. The van der Waals surface area contributed by atoms with Crippen molar-refractivity contribution in [2.45, 2.75) is 37.5 Å². The Morgan fingerprint density at radius 1 is 0.919 bits per heavy atom. The zero-order valence-electron chi connectivity index (χ0n) is 20.6. The number of hydrogen-bond donors (Lipinski definition) is 0. The fourth-order valence-corrected chi connectivity index (χ4v) is 4.48. The van der Waals surface area contributed by atoms with Crippen molar-refractivity contribution in [2.75, 3.05) is 14.2 Å². The van der Waals surface area contributed by atoms with Gasteiger partial charge in [0.25, 0.3) is 5.91 Å². The molecule has 0 bridgehead atoms. The highest BCUT2D eigenvalue weighted by Crippen LogP contribution is 2.31. The summed E-state index contributed by atoms with van der Waals surface area (Å²) in [6.45, 7) is 3.76. The maximum Gasteiger partial charge on any atom is 0.416 e. The number of halogens is 3. The van der Waals surface area contributed by atoms with E-state index in [1.807, 2.05) is 13.8 Å². The number of nitrogens with zero attached hydrogens (tertiary/aromatic N) is 1. The quantitative estimate of drug-likeness (QED) is 0.334. The van der Waals surface area contributed by atoms with Crippen molar-refractivity contribution in [3.05, 3.63) is 83.4 Å². The largest absolute Gasteiger partial charge is 0.497 e. The van der Waals surface area contributed by atoms with Crippen LogP contribution in [0.4, 0.5) is 13.2 Å². The van der Waals surface area contributed by atoms with Gasteiger partial charge in [-0.3, -0.25) is 4.79 Å². The van der Waals surface area contributed by atoms with E-state index in [0.717, 1.165) is 18.2 Å². The van der Waals surface area contributed by atoms with E-state index in [2.05, 4.69) is 0 Å². The number of carbonyl (C=O) groups is 1. The minimum Gasteiger partial charge on any atom is -0.497 e. The van der Waals surface area contributed by atoms with Crippen LogP contribution in [-0.2, 0) is 22.8 Å². The topological polar surface area (TPSA) is 82.1 Å². The van der Waals surface area contributed by atoms with E-state index in [1.54, 1.807) is 29.2 Å². The molecular weight excluding hydrogens is 511 g/mol. The first-order valence-electron chi connectivity index (χ1n) is 11.1. The number of rotatable bonds is 9. The smallest absolute Gasteiger partial charge is 0.416 e. The van der Waals surface area contributed by atoms with Crippen LogP contribution in [0.2, 0.25) is 0 Å². The Labute approximate surface area is 213 Å². The van der Waals surface area contributed by atoms with E-state index < -0.39 is 26.8 Å². The van der Waals surface area contributed by atoms with Gasteiger partial charge in [-0.05, 0) is 61.9 Å². The van der Waals surface area contributed by atoms with Crippen LogP contribution >= 0.6 is 0 Å². The number of hydrogen-bond acceptors (Lipinski definition) is 6. The van der Waals surface area contributed by atoms with Crippen molar-refractivity contribution in [3.8, 4) is 17.2 Å². The van der Waals surface area contributed by atoms with Crippen molar-refractivity contribution in [1.82, 2.24) is 4.90 Å². The lowest BCUT2D eigenvalue weighted by atomic mass is 10.1. The second-order valence-corrected chi connectivity index (χ2v) is 9.85. The molecule has 198 valence electrons. The fourth-order valence-electron chi connectivity index (χ4n) is 3.51. The van der Waals surface area contributed by atoms with Gasteiger partial charge in [-0.15, -0.1) is 0 Å². The highest BCUT2D eigenvalue weighted by molar-refractivity contribution is 7.87. The molecule has 0 fully saturated rings. The van der Waals surface area contributed by atoms with Crippen molar-refractivity contribution < 1.29 is 40.0 Å². The molecule has 0 heterocycles. The van der Waals surface area contributed by atoms with Crippen molar-refractivity contribution in [3.63, 3.8) is 0 Å². The monoisotopic (exact) mass is 537 g/mol. The summed E-state index contributed by atoms with van der Waals surface area (Å²) in [6, 6.07) is 13.9. The standard InChI is InChI=1S/C26H26F3NO6S/c1-17(2)30(25(31)23-12-11-20(34-3)15-24(23)35-4)16-18-7-5-9-21(13-18)36-37(32,33)22-10-6-8-19(14-22)26(27,28)29/h5-15,17H,16H2,1-4H3. The van der Waals surface area contributed by atoms with Gasteiger partial charge in [-0.25, -0.2) is 0 Å². The lowest BCUT2D eigenvalue weighted by Gasteiger charge is -2.28. The summed E-state index contributed by atoms with van der Waals surface area (Å²) < 4.78 is 80.0. The molecule has 0 radical (unpaired) electrons. The van der Waals surface area contributed by atoms with Crippen molar-refractivity contribution in [2.24, 2.45) is 0 Å². The van der Waals surface area contributed by atoms with Gasteiger partial charge in [-0.1, -0.05) is 18.2 Å². The van der Waals surface area contributed by atoms with Crippen LogP contribution in [0, 0.1) is 0 Å². The molecule has 37 heavy (non-hydrogen) atoms. The minimum atomic E-state index is -4.70. The Hall–Kier alpha value is -3.73. The molecule has 3 aromatic rings. The number of ether oxygens (including phenoxy) is 2. The molecular formula is C26H26F3NO6S. The molecule has 0 unspecified atom stereocenters. The molecule has 0 spiro atoms. The lowest BCUT2D eigenvalue weighted by Crippen LogP contribution is -2.36. The average molecular weight is 538 g/mol. The Balaban J connectivity index is 1.85. The number of benzene rings is 3. The summed E-state index contributed by atoms with van der Waals surface area (Å²) >= 11 is 0. The third-order valence-corrected chi connectivity index (χ3v) is 6.67. The van der Waals surface area contributed by atoms with E-state index in [4.69, 9.17) is 13.7 Å². The zero-order valence-corrected chi connectivity index (χ0v) is 21.4. The second kappa shape index (κ2) is 11.1. The van der Waals surface area contributed by atoms with Gasteiger partial charge in [0.2, 0.25) is 0 Å². The molecule has 3 rings (SSSR count). The number of amides is 1. The molecule has 0 aliphatic rings. The average Bonchev–Trinajstić information content (AvgIpc) is 2.85. The Morgan fingerprint density at radius 3 is 2.24 bits per heavy atom. The van der Waals surface area contributed by atoms with E-state index in [0.29, 0.717) is 28.7 Å². The molecule has 0 saturated heterocycles. The minimum absolute atomic E-state index is 0.104. The molecule has 0 atom stereocenters. The third kappa shape index (κ3) is 6.73. The van der Waals surface area contributed by atoms with Crippen LogP contribution in [0.15, 0.2) is 71.6 Å². The lowest BCUT2D eigenvalue weighted by molar-refractivity contribution is -0.137. The normalized spacial score (nSPS) is 11.8. The van der Waals surface area contributed by atoms with Gasteiger partial charge in [0.15, 0.2) is 0 Å². The van der Waals surface area contributed by atoms with Crippen LogP contribution in [-0.4, -0.2) is 39.5 Å². The predicted molar refractivity (Wildman–Crippen MR) is 130 cm³/mol. The summed E-state index contributed by atoms with van der Waals surface area (Å²) in [4.78, 5) is 14.3. The summed E-state index contributed by atoms with van der Waals surface area (Å²) in [7, 11) is -1.60. The summed E-state index contributed by atoms with van der Waals surface area (Å²) in [5, 5.41) is 0. The van der Waals surface area contributed by atoms with E-state index in [1.165, 1.54) is 32.4 Å². The summed E-state index contributed by atoms with van der Waals surface area (Å²) in [5.74, 6) is 0.432. The first kappa shape index (κ1) is 27.9. The van der Waals surface area contributed by atoms with Crippen molar-refractivity contribution in [1.29, 1.82) is 0 Å². The predicted octanol–water partition coefficient (Wildman–Crippen LogP) is 5.54. The molecule has 0 aliphatic heterocycles. The first-order chi connectivity index (χ1) is 17.4. The second-order valence-electron chi connectivity index (χ2n) is 8.30. The van der Waals surface area contributed by atoms with Gasteiger partial charge in [0, 0.05) is 18.7 Å². The van der Waals surface area contributed by atoms with Gasteiger partial charge in [0.05, 0.1) is 25.3 Å². The molecule has 0 saturated carbocycles. The van der Waals surface area contributed by atoms with Crippen LogP contribution in [0.3, 0.4) is 0 Å². The van der Waals surface area contributed by atoms with Crippen molar-refractivity contribution >= 4 is 16.0 Å². The third-order valence-electron chi connectivity index (χ3n) is 5.43. The molecule has 0 aliphatic carbocycles. The molecule has 0 N–H and O–H groups in total. The maximum atomic E-state index is 13.4. The molecule has 1 amide bonds. The van der Waals surface area contributed by atoms with E-state index >= 15 is 0 Å². The van der Waals surface area contributed by atoms with Gasteiger partial charge >= 0.3 is 16.3 Å². The van der Waals surface area contributed by atoms with Gasteiger partial charge in [-0.2, -0.15) is 21.6 Å². The first-order valence-corrected chi connectivity index (χ1v) is 12.5. The summed E-state index contributed by atoms with van der Waals surface area (Å²) in [6.07, 6.45) is -4.70. The van der Waals surface area contributed by atoms with E-state index in [-0.39, 0.29) is 24.2 Å².